The van der Waals surface area contributed by atoms with Gasteiger partial charge < -0.3 is 13.9 Å². The molecular weight excluding hydrogens is 388 g/mol. The van der Waals surface area contributed by atoms with E-state index in [1.165, 1.54) is 12.3 Å². The van der Waals surface area contributed by atoms with Crippen LogP contribution in [0.2, 0.25) is 0 Å². The van der Waals surface area contributed by atoms with Crippen LogP contribution in [-0.4, -0.2) is 5.97 Å². The predicted molar refractivity (Wildman–Crippen MR) is 97.2 cm³/mol. The van der Waals surface area contributed by atoms with Gasteiger partial charge in [-0.3, -0.25) is 9.59 Å². The molecule has 25 heavy (non-hydrogen) atoms. The zero-order chi connectivity index (χ0) is 17.8. The molecule has 0 atom stereocenters. The summed E-state index contributed by atoms with van der Waals surface area (Å²) in [7, 11) is 0. The van der Waals surface area contributed by atoms with Gasteiger partial charge in [0.2, 0.25) is 11.2 Å². The lowest BCUT2D eigenvalue weighted by molar-refractivity contribution is -0.134. The molecule has 1 aromatic heterocycles. The molecule has 128 valence electrons. The molecule has 0 N–H and O–H groups in total. The fraction of sp³-hybridized carbons (Fsp3) is 0.158. The molecule has 0 aliphatic heterocycles. The van der Waals surface area contributed by atoms with E-state index in [-0.39, 0.29) is 17.1 Å². The summed E-state index contributed by atoms with van der Waals surface area (Å²) in [4.78, 5) is 24.1. The lowest BCUT2D eigenvalue weighted by atomic mass is 10.2. The highest BCUT2D eigenvalue weighted by atomic mass is 79.9. The van der Waals surface area contributed by atoms with E-state index in [1.807, 2.05) is 19.1 Å². The first kappa shape index (κ1) is 17.2. The van der Waals surface area contributed by atoms with E-state index in [0.717, 1.165) is 4.47 Å². The van der Waals surface area contributed by atoms with Crippen molar-refractivity contribution in [1.29, 1.82) is 0 Å². The van der Waals surface area contributed by atoms with Crippen LogP contribution in [0.25, 0.3) is 11.0 Å². The summed E-state index contributed by atoms with van der Waals surface area (Å²) in [5.41, 5.74) is 0.0229. The number of hydrogen-bond acceptors (Lipinski definition) is 5. The predicted octanol–water partition coefficient (Wildman–Crippen LogP) is 5.05. The van der Waals surface area contributed by atoms with E-state index in [0.29, 0.717) is 35.3 Å². The largest absolute Gasteiger partial charge is 0.460 e. The maximum absolute atomic E-state index is 12.6. The van der Waals surface area contributed by atoms with E-state index in [9.17, 15) is 9.59 Å². The third-order valence-electron chi connectivity index (χ3n) is 3.46. The molecule has 0 fully saturated rings. The molecule has 0 saturated carbocycles. The zero-order valence-corrected chi connectivity index (χ0v) is 15.0. The second-order valence-corrected chi connectivity index (χ2v) is 6.20. The molecule has 0 radical (unpaired) electrons. The Labute approximate surface area is 152 Å². The molecule has 6 heteroatoms. The number of carbonyl (C=O) groups is 1. The summed E-state index contributed by atoms with van der Waals surface area (Å²) in [6.07, 6.45) is 2.29. The van der Waals surface area contributed by atoms with Gasteiger partial charge in [-0.25, -0.2) is 0 Å². The van der Waals surface area contributed by atoms with Crippen molar-refractivity contribution in [2.75, 3.05) is 0 Å². The van der Waals surface area contributed by atoms with E-state index in [1.54, 1.807) is 24.3 Å². The topological polar surface area (TPSA) is 65.7 Å². The summed E-state index contributed by atoms with van der Waals surface area (Å²) < 4.78 is 17.1. The van der Waals surface area contributed by atoms with Crippen molar-refractivity contribution in [3.63, 3.8) is 0 Å². The summed E-state index contributed by atoms with van der Waals surface area (Å²) in [5.74, 6) is 0.612. The minimum absolute atomic E-state index is 0.0788. The highest BCUT2D eigenvalue weighted by molar-refractivity contribution is 9.10. The van der Waals surface area contributed by atoms with Crippen LogP contribution in [0.15, 0.2) is 62.4 Å². The first-order chi connectivity index (χ1) is 12.1. The highest BCUT2D eigenvalue weighted by Crippen LogP contribution is 2.29. The van der Waals surface area contributed by atoms with Gasteiger partial charge in [0.05, 0.1) is 9.86 Å². The summed E-state index contributed by atoms with van der Waals surface area (Å²) in [5, 5.41) is 0.347. The molecule has 5 nitrogen and oxygen atoms in total. The summed E-state index contributed by atoms with van der Waals surface area (Å²) in [6.45, 7) is 1.90. The van der Waals surface area contributed by atoms with E-state index in [2.05, 4.69) is 15.9 Å². The van der Waals surface area contributed by atoms with Crippen LogP contribution in [0.5, 0.6) is 17.2 Å². The Hall–Kier alpha value is -2.60. The number of benzene rings is 2. The molecule has 3 rings (SSSR count). The quantitative estimate of drug-likeness (QED) is 0.441. The van der Waals surface area contributed by atoms with Crippen molar-refractivity contribution in [2.45, 2.75) is 19.8 Å². The number of carbonyl (C=O) groups excluding carboxylic acids is 1. The van der Waals surface area contributed by atoms with E-state index >= 15 is 0 Å². The average molecular weight is 403 g/mol. The Bertz CT molecular complexity index is 977. The second kappa shape index (κ2) is 7.53. The van der Waals surface area contributed by atoms with Crippen molar-refractivity contribution in [3.05, 3.63) is 63.4 Å². The summed E-state index contributed by atoms with van der Waals surface area (Å²) >= 11 is 3.37. The molecule has 0 saturated heterocycles. The number of rotatable bonds is 5. The Balaban J connectivity index is 1.91. The smallest absolute Gasteiger partial charge is 0.311 e. The zero-order valence-electron chi connectivity index (χ0n) is 13.5. The molecule has 0 aliphatic carbocycles. The molecule has 0 bridgehead atoms. The van der Waals surface area contributed by atoms with Crippen molar-refractivity contribution < 1.29 is 18.7 Å². The monoisotopic (exact) mass is 402 g/mol. The van der Waals surface area contributed by atoms with Crippen LogP contribution in [0.4, 0.5) is 0 Å². The van der Waals surface area contributed by atoms with Crippen LogP contribution in [0.1, 0.15) is 19.8 Å². The molecule has 0 amide bonds. The van der Waals surface area contributed by atoms with E-state index < -0.39 is 0 Å². The summed E-state index contributed by atoms with van der Waals surface area (Å²) in [6, 6.07) is 11.9. The third-order valence-corrected chi connectivity index (χ3v) is 4.11. The number of fused-ring (bicyclic) bond motifs is 1. The van der Waals surface area contributed by atoms with Gasteiger partial charge in [0.15, 0.2) is 0 Å². The molecule has 0 aliphatic rings. The first-order valence-corrected chi connectivity index (χ1v) is 8.56. The lowest BCUT2D eigenvalue weighted by Gasteiger charge is -2.08. The lowest BCUT2D eigenvalue weighted by Crippen LogP contribution is -2.08. The Kier molecular flexibility index (Phi) is 5.19. The molecular formula is C19H15BrO5. The van der Waals surface area contributed by atoms with Crippen molar-refractivity contribution >= 4 is 32.9 Å². The van der Waals surface area contributed by atoms with Crippen LogP contribution in [0.3, 0.4) is 0 Å². The fourth-order valence-corrected chi connectivity index (χ4v) is 2.62. The maximum Gasteiger partial charge on any atom is 0.311 e. The first-order valence-electron chi connectivity index (χ1n) is 7.77. The minimum atomic E-state index is -0.321. The van der Waals surface area contributed by atoms with Gasteiger partial charge in [-0.2, -0.15) is 0 Å². The Morgan fingerprint density at radius 3 is 2.72 bits per heavy atom. The van der Waals surface area contributed by atoms with Gasteiger partial charge in [0.25, 0.3) is 0 Å². The number of halogens is 1. The van der Waals surface area contributed by atoms with Gasteiger partial charge in [-0.05, 0) is 46.6 Å². The van der Waals surface area contributed by atoms with Crippen LogP contribution in [-0.2, 0) is 4.79 Å². The number of para-hydroxylation sites is 1. The van der Waals surface area contributed by atoms with Crippen molar-refractivity contribution in [2.24, 2.45) is 0 Å². The van der Waals surface area contributed by atoms with Gasteiger partial charge in [0.1, 0.15) is 23.3 Å². The highest BCUT2D eigenvalue weighted by Gasteiger charge is 2.12. The van der Waals surface area contributed by atoms with Crippen LogP contribution < -0.4 is 14.9 Å². The van der Waals surface area contributed by atoms with Gasteiger partial charge >= 0.3 is 5.97 Å². The van der Waals surface area contributed by atoms with Crippen molar-refractivity contribution in [3.8, 4) is 17.2 Å². The number of esters is 1. The normalized spacial score (nSPS) is 10.6. The number of hydrogen-bond donors (Lipinski definition) is 0. The van der Waals surface area contributed by atoms with Gasteiger partial charge in [-0.1, -0.05) is 19.1 Å². The molecule has 0 spiro atoms. The van der Waals surface area contributed by atoms with Gasteiger partial charge in [0, 0.05) is 12.5 Å². The second-order valence-electron chi connectivity index (χ2n) is 5.34. The maximum atomic E-state index is 12.6. The fourth-order valence-electron chi connectivity index (χ4n) is 2.26. The molecule has 1 heterocycles. The Morgan fingerprint density at radius 1 is 1.16 bits per heavy atom. The van der Waals surface area contributed by atoms with Crippen molar-refractivity contribution in [1.82, 2.24) is 0 Å². The third kappa shape index (κ3) is 3.91. The Morgan fingerprint density at radius 2 is 1.96 bits per heavy atom. The standard InChI is InChI=1S/C19H15BrO5/c1-2-5-18(21)24-12-8-9-13-16(10-12)23-11-17(19(13)22)25-15-7-4-3-6-14(15)20/h3-4,6-11H,2,5H2,1H3. The van der Waals surface area contributed by atoms with Crippen LogP contribution >= 0.6 is 15.9 Å². The van der Waals surface area contributed by atoms with Crippen LogP contribution in [0, 0.1) is 0 Å². The van der Waals surface area contributed by atoms with E-state index in [4.69, 9.17) is 13.9 Å². The SMILES string of the molecule is CCCC(=O)Oc1ccc2c(=O)c(Oc3ccccc3Br)coc2c1. The molecule has 3 aromatic rings. The van der Waals surface area contributed by atoms with Gasteiger partial charge in [-0.15, -0.1) is 0 Å². The molecule has 2 aromatic carbocycles. The molecule has 0 unspecified atom stereocenters. The minimum Gasteiger partial charge on any atom is -0.460 e. The average Bonchev–Trinajstić information content (AvgIpc) is 2.59. The number of ether oxygens (including phenoxy) is 2.